The highest BCUT2D eigenvalue weighted by Gasteiger charge is 2.09. The number of benzene rings is 2. The van der Waals surface area contributed by atoms with Gasteiger partial charge in [0.25, 0.3) is 0 Å². The first-order valence-electron chi connectivity index (χ1n) is 10.4. The Bertz CT molecular complexity index is 870. The molecule has 0 radical (unpaired) electrons. The van der Waals surface area contributed by atoms with Gasteiger partial charge < -0.3 is 0 Å². The van der Waals surface area contributed by atoms with Crippen LogP contribution in [-0.2, 0) is 12.8 Å². The molecular formula is C25H29FN2. The molecule has 3 heteroatoms. The lowest BCUT2D eigenvalue weighted by Gasteiger charge is -2.08. The van der Waals surface area contributed by atoms with E-state index in [0.29, 0.717) is 17.0 Å². The molecule has 146 valence electrons. The molecule has 1 aromatic heterocycles. The molecule has 0 bridgehead atoms. The summed E-state index contributed by atoms with van der Waals surface area (Å²) in [5, 5.41) is 0. The van der Waals surface area contributed by atoms with Gasteiger partial charge in [0.2, 0.25) is 0 Å². The van der Waals surface area contributed by atoms with Crippen LogP contribution in [-0.4, -0.2) is 9.97 Å². The number of hydrogen-bond acceptors (Lipinski definition) is 2. The molecule has 0 unspecified atom stereocenters. The SMILES string of the molecule is CCCCCc1ccc(-c2ccc(-c3ncc(CCCC)cn3)cc2F)cc1. The fourth-order valence-corrected chi connectivity index (χ4v) is 3.33. The van der Waals surface area contributed by atoms with Gasteiger partial charge in [-0.3, -0.25) is 0 Å². The fourth-order valence-electron chi connectivity index (χ4n) is 3.33. The number of aromatic nitrogens is 2. The van der Waals surface area contributed by atoms with E-state index < -0.39 is 0 Å². The lowest BCUT2D eigenvalue weighted by Crippen LogP contribution is -1.94. The fraction of sp³-hybridized carbons (Fsp3) is 0.360. The predicted molar refractivity (Wildman–Crippen MR) is 115 cm³/mol. The second-order valence-corrected chi connectivity index (χ2v) is 7.37. The maximum atomic E-state index is 14.8. The van der Waals surface area contributed by atoms with E-state index in [1.165, 1.54) is 30.9 Å². The molecule has 0 aliphatic heterocycles. The van der Waals surface area contributed by atoms with E-state index in [1.807, 2.05) is 36.7 Å². The molecule has 2 aromatic carbocycles. The summed E-state index contributed by atoms with van der Waals surface area (Å²) >= 11 is 0. The van der Waals surface area contributed by atoms with Crippen LogP contribution in [0.4, 0.5) is 4.39 Å². The molecule has 0 aliphatic carbocycles. The van der Waals surface area contributed by atoms with Crippen LogP contribution < -0.4 is 0 Å². The van der Waals surface area contributed by atoms with Crippen molar-refractivity contribution in [3.05, 3.63) is 71.8 Å². The van der Waals surface area contributed by atoms with E-state index in [2.05, 4.69) is 35.9 Å². The van der Waals surface area contributed by atoms with Crippen molar-refractivity contribution in [2.75, 3.05) is 0 Å². The second-order valence-electron chi connectivity index (χ2n) is 7.37. The maximum absolute atomic E-state index is 14.8. The first-order chi connectivity index (χ1) is 13.7. The Labute approximate surface area is 167 Å². The highest BCUT2D eigenvalue weighted by atomic mass is 19.1. The van der Waals surface area contributed by atoms with Crippen LogP contribution in [0.15, 0.2) is 54.9 Å². The van der Waals surface area contributed by atoms with Crippen molar-refractivity contribution in [3.8, 4) is 22.5 Å². The molecule has 0 aliphatic rings. The topological polar surface area (TPSA) is 25.8 Å². The quantitative estimate of drug-likeness (QED) is 0.375. The number of halogens is 1. The summed E-state index contributed by atoms with van der Waals surface area (Å²) in [6, 6.07) is 13.5. The number of hydrogen-bond donors (Lipinski definition) is 0. The third kappa shape index (κ3) is 5.25. The normalized spacial score (nSPS) is 11.0. The van der Waals surface area contributed by atoms with Crippen molar-refractivity contribution in [2.45, 2.75) is 58.8 Å². The molecule has 28 heavy (non-hydrogen) atoms. The van der Waals surface area contributed by atoms with Crippen LogP contribution in [0.25, 0.3) is 22.5 Å². The number of unbranched alkanes of at least 4 members (excludes halogenated alkanes) is 3. The van der Waals surface area contributed by atoms with Crippen molar-refractivity contribution in [1.29, 1.82) is 0 Å². The van der Waals surface area contributed by atoms with Crippen LogP contribution >= 0.6 is 0 Å². The molecule has 0 saturated carbocycles. The van der Waals surface area contributed by atoms with Gasteiger partial charge in [0.15, 0.2) is 5.82 Å². The Hall–Kier alpha value is -2.55. The molecule has 3 rings (SSSR count). The summed E-state index contributed by atoms with van der Waals surface area (Å²) < 4.78 is 14.8. The third-order valence-corrected chi connectivity index (χ3v) is 5.09. The van der Waals surface area contributed by atoms with E-state index >= 15 is 0 Å². The summed E-state index contributed by atoms with van der Waals surface area (Å²) in [4.78, 5) is 8.83. The molecule has 0 atom stereocenters. The maximum Gasteiger partial charge on any atom is 0.159 e. The summed E-state index contributed by atoms with van der Waals surface area (Å²) in [7, 11) is 0. The predicted octanol–water partition coefficient (Wildman–Crippen LogP) is 7.03. The van der Waals surface area contributed by atoms with E-state index in [-0.39, 0.29) is 5.82 Å². The standard InChI is InChI=1S/C25H29FN2/c1-3-5-7-9-19-10-12-21(13-11-19)23-15-14-22(16-24(23)26)25-27-17-20(18-28-25)8-6-4-2/h10-18H,3-9H2,1-2H3. The van der Waals surface area contributed by atoms with E-state index in [1.54, 1.807) is 0 Å². The van der Waals surface area contributed by atoms with Gasteiger partial charge in [0.05, 0.1) is 0 Å². The third-order valence-electron chi connectivity index (χ3n) is 5.09. The van der Waals surface area contributed by atoms with Gasteiger partial charge in [-0.1, -0.05) is 69.5 Å². The van der Waals surface area contributed by atoms with Crippen LogP contribution in [0.3, 0.4) is 0 Å². The summed E-state index contributed by atoms with van der Waals surface area (Å²) in [6.07, 6.45) is 11.7. The minimum Gasteiger partial charge on any atom is -0.236 e. The Morgan fingerprint density at radius 2 is 1.36 bits per heavy atom. The summed E-state index contributed by atoms with van der Waals surface area (Å²) in [5.74, 6) is 0.326. The van der Waals surface area contributed by atoms with Crippen LogP contribution in [0, 0.1) is 5.82 Å². The molecule has 0 spiro atoms. The molecule has 0 N–H and O–H groups in total. The molecule has 0 saturated heterocycles. The van der Waals surface area contributed by atoms with Crippen molar-refractivity contribution in [1.82, 2.24) is 9.97 Å². The van der Waals surface area contributed by atoms with E-state index in [0.717, 1.165) is 36.8 Å². The average molecular weight is 377 g/mol. The van der Waals surface area contributed by atoms with Gasteiger partial charge in [-0.25, -0.2) is 14.4 Å². The van der Waals surface area contributed by atoms with Crippen LogP contribution in [0.5, 0.6) is 0 Å². The van der Waals surface area contributed by atoms with E-state index in [4.69, 9.17) is 0 Å². The van der Waals surface area contributed by atoms with Gasteiger partial charge in [-0.2, -0.15) is 0 Å². The first kappa shape index (κ1) is 20.2. The summed E-state index contributed by atoms with van der Waals surface area (Å²) in [5.41, 5.74) is 4.66. The molecule has 0 fully saturated rings. The molecule has 1 heterocycles. The molecule has 0 amide bonds. The average Bonchev–Trinajstić information content (AvgIpc) is 2.73. The van der Waals surface area contributed by atoms with E-state index in [9.17, 15) is 4.39 Å². The van der Waals surface area contributed by atoms with Crippen LogP contribution in [0.2, 0.25) is 0 Å². The number of aryl methyl sites for hydroxylation is 2. The van der Waals surface area contributed by atoms with Crippen molar-refractivity contribution < 1.29 is 4.39 Å². The Morgan fingerprint density at radius 1 is 0.714 bits per heavy atom. The Kier molecular flexibility index (Phi) is 7.30. The zero-order valence-corrected chi connectivity index (χ0v) is 16.9. The van der Waals surface area contributed by atoms with Crippen LogP contribution in [0.1, 0.15) is 57.1 Å². The van der Waals surface area contributed by atoms with Crippen molar-refractivity contribution >= 4 is 0 Å². The number of nitrogens with zero attached hydrogens (tertiary/aromatic N) is 2. The largest absolute Gasteiger partial charge is 0.236 e. The lowest BCUT2D eigenvalue weighted by molar-refractivity contribution is 0.631. The van der Waals surface area contributed by atoms with Crippen molar-refractivity contribution in [2.24, 2.45) is 0 Å². The molecular weight excluding hydrogens is 347 g/mol. The summed E-state index contributed by atoms with van der Waals surface area (Å²) in [6.45, 7) is 4.38. The Morgan fingerprint density at radius 3 is 2.00 bits per heavy atom. The highest BCUT2D eigenvalue weighted by molar-refractivity contribution is 5.68. The first-order valence-corrected chi connectivity index (χ1v) is 10.4. The van der Waals surface area contributed by atoms with Crippen molar-refractivity contribution in [3.63, 3.8) is 0 Å². The Balaban J connectivity index is 1.73. The van der Waals surface area contributed by atoms with Gasteiger partial charge >= 0.3 is 0 Å². The van der Waals surface area contributed by atoms with Gasteiger partial charge in [0, 0.05) is 23.5 Å². The zero-order valence-electron chi connectivity index (χ0n) is 16.9. The van der Waals surface area contributed by atoms with Gasteiger partial charge in [-0.05, 0) is 48.4 Å². The van der Waals surface area contributed by atoms with Gasteiger partial charge in [0.1, 0.15) is 5.82 Å². The minimum absolute atomic E-state index is 0.241. The molecule has 3 aromatic rings. The monoisotopic (exact) mass is 376 g/mol. The van der Waals surface area contributed by atoms with Gasteiger partial charge in [-0.15, -0.1) is 0 Å². The lowest BCUT2D eigenvalue weighted by atomic mass is 9.99. The second kappa shape index (κ2) is 10.1. The molecule has 2 nitrogen and oxygen atoms in total. The minimum atomic E-state index is -0.241. The number of rotatable bonds is 9. The smallest absolute Gasteiger partial charge is 0.159 e. The highest BCUT2D eigenvalue weighted by Crippen LogP contribution is 2.27. The zero-order chi connectivity index (χ0) is 19.8.